The minimum atomic E-state index is -0.588. The molecule has 4 aromatic carbocycles. The molecule has 0 bridgehead atoms. The highest BCUT2D eigenvalue weighted by Crippen LogP contribution is 2.25. The van der Waals surface area contributed by atoms with E-state index in [-0.39, 0.29) is 22.9 Å². The molecule has 11 heteroatoms. The van der Waals surface area contributed by atoms with Crippen molar-refractivity contribution in [3.05, 3.63) is 129 Å². The van der Waals surface area contributed by atoms with E-state index < -0.39 is 17.8 Å². The number of benzene rings is 4. The Morgan fingerprint density at radius 3 is 2.33 bits per heavy atom. The van der Waals surface area contributed by atoms with Gasteiger partial charge in [-0.15, -0.1) is 11.8 Å². The van der Waals surface area contributed by atoms with E-state index in [1.807, 2.05) is 0 Å². The van der Waals surface area contributed by atoms with Crippen molar-refractivity contribution < 1.29 is 23.9 Å². The lowest BCUT2D eigenvalue weighted by atomic mass is 10.1. The van der Waals surface area contributed by atoms with Gasteiger partial charge in [-0.05, 0) is 66.2 Å². The molecule has 0 saturated heterocycles. The number of anilines is 2. The molecule has 0 aliphatic carbocycles. The third-order valence-corrected chi connectivity index (χ3v) is 7.42. The fourth-order valence-corrected chi connectivity index (χ4v) is 5.01. The second-order valence-electron chi connectivity index (χ2n) is 8.90. The molecule has 3 amide bonds. The summed E-state index contributed by atoms with van der Waals surface area (Å²) in [6, 6.07) is 26.7. The summed E-state index contributed by atoms with van der Waals surface area (Å²) in [6.45, 7) is 0. The topological polar surface area (TPSA) is 114 Å². The van der Waals surface area contributed by atoms with E-state index in [0.29, 0.717) is 37.4 Å². The number of ether oxygens (including phenoxy) is 1. The SMILES string of the molecule is COC(=O)c1ccccc1NC(=O)CSc1cccc(NC(=O)/C(=C\c2ccc(Cl)cc2Cl)NC(=O)c2ccccc2)c1. The summed E-state index contributed by atoms with van der Waals surface area (Å²) in [5.74, 6) is -1.91. The second-order valence-corrected chi connectivity index (χ2v) is 10.8. The van der Waals surface area contributed by atoms with Crippen LogP contribution in [0.1, 0.15) is 26.3 Å². The van der Waals surface area contributed by atoms with Crippen molar-refractivity contribution >= 4 is 76.1 Å². The fourth-order valence-electron chi connectivity index (χ4n) is 3.79. The summed E-state index contributed by atoms with van der Waals surface area (Å²) in [6.07, 6.45) is 1.46. The Bertz CT molecular complexity index is 1700. The first-order chi connectivity index (χ1) is 20.7. The number of esters is 1. The van der Waals surface area contributed by atoms with E-state index in [4.69, 9.17) is 27.9 Å². The second kappa shape index (κ2) is 15.1. The van der Waals surface area contributed by atoms with Crippen molar-refractivity contribution in [1.29, 1.82) is 0 Å². The van der Waals surface area contributed by atoms with Crippen LogP contribution in [0.3, 0.4) is 0 Å². The molecule has 0 heterocycles. The molecular weight excluding hydrogens is 609 g/mol. The average Bonchev–Trinajstić information content (AvgIpc) is 3.01. The standard InChI is InChI=1S/C32H25Cl2N3O5S/c1-42-32(41)25-12-5-6-13-27(25)36-29(38)19-43-24-11-7-10-23(18-24)35-31(40)28(16-21-14-15-22(33)17-26(21)34)37-30(39)20-8-3-2-4-9-20/h2-18H,19H2,1H3,(H,35,40)(H,36,38)(H,37,39)/b28-16+. The highest BCUT2D eigenvalue weighted by Gasteiger charge is 2.17. The van der Waals surface area contributed by atoms with Crippen LogP contribution >= 0.6 is 35.0 Å². The van der Waals surface area contributed by atoms with Gasteiger partial charge in [0, 0.05) is 26.2 Å². The predicted octanol–water partition coefficient (Wildman–Crippen LogP) is 6.92. The van der Waals surface area contributed by atoms with Crippen LogP contribution in [0.4, 0.5) is 11.4 Å². The lowest BCUT2D eigenvalue weighted by Gasteiger charge is -2.13. The van der Waals surface area contributed by atoms with Crippen LogP contribution in [0.25, 0.3) is 6.08 Å². The zero-order chi connectivity index (χ0) is 30.8. The molecule has 0 aliphatic heterocycles. The number of hydrogen-bond donors (Lipinski definition) is 3. The Labute approximate surface area is 262 Å². The van der Waals surface area contributed by atoms with Gasteiger partial charge >= 0.3 is 5.97 Å². The first-order valence-corrected chi connectivity index (χ1v) is 14.5. The van der Waals surface area contributed by atoms with Gasteiger partial charge in [-0.2, -0.15) is 0 Å². The van der Waals surface area contributed by atoms with Crippen molar-refractivity contribution in [2.75, 3.05) is 23.5 Å². The number of carbonyl (C=O) groups excluding carboxylic acids is 4. The quantitative estimate of drug-likeness (QED) is 0.0992. The molecule has 3 N–H and O–H groups in total. The van der Waals surface area contributed by atoms with Crippen LogP contribution in [0, 0.1) is 0 Å². The molecule has 0 radical (unpaired) electrons. The molecule has 8 nitrogen and oxygen atoms in total. The summed E-state index contributed by atoms with van der Waals surface area (Å²) in [5, 5.41) is 8.91. The van der Waals surface area contributed by atoms with Gasteiger partial charge in [-0.25, -0.2) is 4.79 Å². The average molecular weight is 635 g/mol. The van der Waals surface area contributed by atoms with Crippen molar-refractivity contribution in [3.8, 4) is 0 Å². The zero-order valence-corrected chi connectivity index (χ0v) is 25.1. The van der Waals surface area contributed by atoms with Gasteiger partial charge in [0.1, 0.15) is 5.70 Å². The highest BCUT2D eigenvalue weighted by atomic mass is 35.5. The Kier molecular flexibility index (Phi) is 11.0. The maximum absolute atomic E-state index is 13.4. The number of para-hydroxylation sites is 1. The Morgan fingerprint density at radius 1 is 0.837 bits per heavy atom. The van der Waals surface area contributed by atoms with Crippen LogP contribution in [-0.4, -0.2) is 36.6 Å². The lowest BCUT2D eigenvalue weighted by Crippen LogP contribution is -2.30. The molecule has 218 valence electrons. The Balaban J connectivity index is 1.47. The van der Waals surface area contributed by atoms with Crippen LogP contribution in [0.15, 0.2) is 108 Å². The maximum atomic E-state index is 13.4. The molecule has 0 aromatic heterocycles. The van der Waals surface area contributed by atoms with Crippen LogP contribution in [-0.2, 0) is 14.3 Å². The van der Waals surface area contributed by atoms with Gasteiger partial charge in [0.05, 0.1) is 24.1 Å². The molecule has 0 saturated carbocycles. The molecule has 0 unspecified atom stereocenters. The van der Waals surface area contributed by atoms with Crippen molar-refractivity contribution in [1.82, 2.24) is 5.32 Å². The number of amides is 3. The monoisotopic (exact) mass is 633 g/mol. The normalized spacial score (nSPS) is 10.9. The van der Waals surface area contributed by atoms with Gasteiger partial charge in [0.25, 0.3) is 11.8 Å². The number of halogens is 2. The molecule has 0 aliphatic rings. The van der Waals surface area contributed by atoms with Crippen LogP contribution in [0.2, 0.25) is 10.0 Å². The van der Waals surface area contributed by atoms with E-state index in [0.717, 1.165) is 0 Å². The van der Waals surface area contributed by atoms with Gasteiger partial charge in [-0.3, -0.25) is 14.4 Å². The van der Waals surface area contributed by atoms with Crippen molar-refractivity contribution in [3.63, 3.8) is 0 Å². The number of thioether (sulfide) groups is 1. The summed E-state index contributed by atoms with van der Waals surface area (Å²) < 4.78 is 4.77. The first kappa shape index (κ1) is 31.4. The van der Waals surface area contributed by atoms with Gasteiger partial charge < -0.3 is 20.7 Å². The van der Waals surface area contributed by atoms with Crippen molar-refractivity contribution in [2.45, 2.75) is 4.90 Å². The van der Waals surface area contributed by atoms with E-state index >= 15 is 0 Å². The smallest absolute Gasteiger partial charge is 0.339 e. The molecule has 0 spiro atoms. The molecular formula is C32H25Cl2N3O5S. The third kappa shape index (κ3) is 8.96. The number of rotatable bonds is 10. The lowest BCUT2D eigenvalue weighted by molar-refractivity contribution is -0.114. The molecule has 4 rings (SSSR count). The van der Waals surface area contributed by atoms with E-state index in [1.54, 1.807) is 91.0 Å². The predicted molar refractivity (Wildman–Crippen MR) is 171 cm³/mol. The number of hydrogen-bond acceptors (Lipinski definition) is 6. The van der Waals surface area contributed by atoms with Gasteiger partial charge in [-0.1, -0.05) is 65.7 Å². The summed E-state index contributed by atoms with van der Waals surface area (Å²) in [7, 11) is 1.27. The van der Waals surface area contributed by atoms with Crippen LogP contribution in [0.5, 0.6) is 0 Å². The maximum Gasteiger partial charge on any atom is 0.339 e. The Hall–Kier alpha value is -4.57. The van der Waals surface area contributed by atoms with E-state index in [9.17, 15) is 19.2 Å². The number of methoxy groups -OCH3 is 1. The minimum Gasteiger partial charge on any atom is -0.465 e. The summed E-state index contributed by atoms with van der Waals surface area (Å²) >= 11 is 13.6. The molecule has 0 atom stereocenters. The summed E-state index contributed by atoms with van der Waals surface area (Å²) in [4.78, 5) is 51.6. The zero-order valence-electron chi connectivity index (χ0n) is 22.7. The molecule has 43 heavy (non-hydrogen) atoms. The van der Waals surface area contributed by atoms with Gasteiger partial charge in [0.15, 0.2) is 0 Å². The highest BCUT2D eigenvalue weighted by molar-refractivity contribution is 8.00. The van der Waals surface area contributed by atoms with Crippen molar-refractivity contribution in [2.24, 2.45) is 0 Å². The largest absolute Gasteiger partial charge is 0.465 e. The van der Waals surface area contributed by atoms with Crippen LogP contribution < -0.4 is 16.0 Å². The fraction of sp³-hybridized carbons (Fsp3) is 0.0625. The van der Waals surface area contributed by atoms with E-state index in [1.165, 1.54) is 31.0 Å². The number of carbonyl (C=O) groups is 4. The molecule has 0 fully saturated rings. The third-order valence-electron chi connectivity index (χ3n) is 5.86. The first-order valence-electron chi connectivity index (χ1n) is 12.8. The summed E-state index contributed by atoms with van der Waals surface area (Å²) in [5.41, 5.74) is 1.84. The Morgan fingerprint density at radius 2 is 1.58 bits per heavy atom. The molecule has 4 aromatic rings. The van der Waals surface area contributed by atoms with Gasteiger partial charge in [0.2, 0.25) is 5.91 Å². The number of nitrogens with one attached hydrogen (secondary N) is 3. The minimum absolute atomic E-state index is 0.0419. The van der Waals surface area contributed by atoms with E-state index in [2.05, 4.69) is 16.0 Å².